The highest BCUT2D eigenvalue weighted by molar-refractivity contribution is 7.99. The highest BCUT2D eigenvalue weighted by Crippen LogP contribution is 2.31. The van der Waals surface area contributed by atoms with E-state index in [1.807, 2.05) is 36.7 Å². The van der Waals surface area contributed by atoms with Gasteiger partial charge in [0.1, 0.15) is 18.1 Å². The molecular weight excluding hydrogens is 687 g/mol. The second-order valence-electron chi connectivity index (χ2n) is 12.7. The number of nitrogens with zero attached hydrogens (tertiary/aromatic N) is 7. The largest absolute Gasteiger partial charge is 0.275 e. The molecule has 7 nitrogen and oxygen atoms in total. The highest BCUT2D eigenvalue weighted by Gasteiger charge is 2.28. The maximum atomic E-state index is 4.52. The summed E-state index contributed by atoms with van der Waals surface area (Å²) >= 11 is 3.39. The van der Waals surface area contributed by atoms with Crippen LogP contribution in [0.3, 0.4) is 0 Å². The SMILES string of the molecule is C[SiH](c1cccc(Sc2ccccn2)c1)c1ccc2c3ccc([Si](C)(C)c4cccc(Sc5ccccn5)c4)cc3n(-c3nncnn3)c2c1. The zero-order valence-corrected chi connectivity index (χ0v) is 31.6. The maximum Gasteiger partial charge on any atom is 0.273 e. The summed E-state index contributed by atoms with van der Waals surface area (Å²) in [5.74, 6) is 0.470. The van der Waals surface area contributed by atoms with Gasteiger partial charge in [0, 0.05) is 33.0 Å². The van der Waals surface area contributed by atoms with Crippen LogP contribution < -0.4 is 20.7 Å². The monoisotopic (exact) mass is 719 g/mol. The van der Waals surface area contributed by atoms with Crippen LogP contribution in [0.2, 0.25) is 19.6 Å². The Kier molecular flexibility index (Phi) is 8.88. The van der Waals surface area contributed by atoms with Gasteiger partial charge in [0.05, 0.1) is 19.8 Å². The fourth-order valence-electron chi connectivity index (χ4n) is 6.41. The van der Waals surface area contributed by atoms with Crippen molar-refractivity contribution in [2.45, 2.75) is 39.5 Å². The van der Waals surface area contributed by atoms with Crippen molar-refractivity contribution in [3.8, 4) is 5.95 Å². The second-order valence-corrected chi connectivity index (χ2v) is 22.0. The number of hydrogen-bond donors (Lipinski definition) is 0. The molecule has 4 aromatic carbocycles. The maximum absolute atomic E-state index is 4.52. The van der Waals surface area contributed by atoms with Gasteiger partial charge in [-0.25, -0.2) is 9.97 Å². The summed E-state index contributed by atoms with van der Waals surface area (Å²) < 4.78 is 2.14. The summed E-state index contributed by atoms with van der Waals surface area (Å²) in [7, 11) is -3.67. The third kappa shape index (κ3) is 6.40. The zero-order valence-electron chi connectivity index (χ0n) is 27.8. The zero-order chi connectivity index (χ0) is 34.1. The van der Waals surface area contributed by atoms with Crippen LogP contribution in [-0.2, 0) is 0 Å². The van der Waals surface area contributed by atoms with Crippen molar-refractivity contribution >= 4 is 82.9 Å². The summed E-state index contributed by atoms with van der Waals surface area (Å²) in [5.41, 5.74) is 2.13. The molecule has 0 aliphatic carbocycles. The van der Waals surface area contributed by atoms with E-state index in [4.69, 9.17) is 0 Å². The number of aromatic nitrogens is 7. The summed E-state index contributed by atoms with van der Waals surface area (Å²) in [5, 5.41) is 26.9. The van der Waals surface area contributed by atoms with Crippen LogP contribution >= 0.6 is 23.5 Å². The Labute approximate surface area is 301 Å². The average Bonchev–Trinajstić information content (AvgIpc) is 3.49. The van der Waals surface area contributed by atoms with Gasteiger partial charge in [0.2, 0.25) is 0 Å². The van der Waals surface area contributed by atoms with Crippen LogP contribution in [0, 0.1) is 0 Å². The predicted molar refractivity (Wildman–Crippen MR) is 211 cm³/mol. The lowest BCUT2D eigenvalue weighted by molar-refractivity contribution is 0.801. The first-order chi connectivity index (χ1) is 24.4. The van der Waals surface area contributed by atoms with Crippen molar-refractivity contribution < 1.29 is 0 Å². The first-order valence-corrected chi connectivity index (χ1v) is 23.4. The third-order valence-corrected chi connectivity index (χ3v) is 17.4. The molecule has 0 aliphatic rings. The standard InChI is InChI=1S/C39H33N7S2Si2/c1-49(29-12-8-10-27(22-29)47-37-14-4-6-20-40-37)30-16-18-33-34-19-17-32(25-36(34)46(35(33)24-30)39-44-42-26-43-45-39)50(2,3)31-13-9-11-28(23-31)48-38-15-5-7-21-41-38/h4-26,49H,1-3H3. The molecule has 4 aromatic heterocycles. The lowest BCUT2D eigenvalue weighted by atomic mass is 10.1. The predicted octanol–water partition coefficient (Wildman–Crippen LogP) is 6.25. The van der Waals surface area contributed by atoms with Crippen molar-refractivity contribution in [2.75, 3.05) is 0 Å². The summed E-state index contributed by atoms with van der Waals surface area (Å²) in [6.45, 7) is 7.23. The van der Waals surface area contributed by atoms with E-state index >= 15 is 0 Å². The molecule has 0 N–H and O–H groups in total. The number of pyridine rings is 2. The van der Waals surface area contributed by atoms with Gasteiger partial charge in [-0.1, -0.05) is 125 Å². The van der Waals surface area contributed by atoms with E-state index in [9.17, 15) is 0 Å². The van der Waals surface area contributed by atoms with E-state index in [-0.39, 0.29) is 0 Å². The molecule has 244 valence electrons. The molecule has 0 saturated carbocycles. The van der Waals surface area contributed by atoms with Gasteiger partial charge < -0.3 is 0 Å². The molecule has 0 amide bonds. The Balaban J connectivity index is 1.20. The number of fused-ring (bicyclic) bond motifs is 3. The molecule has 4 heterocycles. The summed E-state index contributed by atoms with van der Waals surface area (Å²) in [6.07, 6.45) is 5.06. The molecule has 0 radical (unpaired) electrons. The second kappa shape index (κ2) is 13.8. The number of rotatable bonds is 9. The minimum absolute atomic E-state index is 0.470. The molecule has 0 saturated heterocycles. The molecule has 11 heteroatoms. The van der Waals surface area contributed by atoms with Gasteiger partial charge >= 0.3 is 0 Å². The van der Waals surface area contributed by atoms with E-state index < -0.39 is 16.9 Å². The molecule has 0 aliphatic heterocycles. The van der Waals surface area contributed by atoms with Crippen LogP contribution in [0.15, 0.2) is 160 Å². The Morgan fingerprint density at radius 1 is 0.580 bits per heavy atom. The quantitative estimate of drug-likeness (QED) is 0.162. The van der Waals surface area contributed by atoms with Crippen LogP contribution in [0.5, 0.6) is 0 Å². The lowest BCUT2D eigenvalue weighted by Crippen LogP contribution is -2.52. The molecular formula is C39H33N7S2Si2. The van der Waals surface area contributed by atoms with Crippen molar-refractivity contribution in [3.63, 3.8) is 0 Å². The smallest absolute Gasteiger partial charge is 0.273 e. The molecule has 0 spiro atoms. The van der Waals surface area contributed by atoms with Crippen LogP contribution in [0.4, 0.5) is 0 Å². The van der Waals surface area contributed by atoms with Crippen molar-refractivity contribution in [3.05, 3.63) is 140 Å². The molecule has 1 unspecified atom stereocenters. The first kappa shape index (κ1) is 32.3. The van der Waals surface area contributed by atoms with Gasteiger partial charge in [0.25, 0.3) is 5.95 Å². The van der Waals surface area contributed by atoms with Crippen molar-refractivity contribution in [1.29, 1.82) is 0 Å². The normalized spacial score (nSPS) is 12.4. The minimum atomic E-state index is -2.12. The van der Waals surface area contributed by atoms with Gasteiger partial charge in [-0.15, -0.1) is 20.4 Å². The molecule has 8 aromatic rings. The van der Waals surface area contributed by atoms with Crippen LogP contribution in [-0.4, -0.2) is 51.8 Å². The fourth-order valence-corrected chi connectivity index (χ4v) is 12.7. The van der Waals surface area contributed by atoms with Gasteiger partial charge in [-0.05, 0) is 60.7 Å². The van der Waals surface area contributed by atoms with E-state index in [1.54, 1.807) is 23.5 Å². The number of hydrogen-bond acceptors (Lipinski definition) is 8. The first-order valence-electron chi connectivity index (χ1n) is 16.4. The van der Waals surface area contributed by atoms with Crippen molar-refractivity contribution in [1.82, 2.24) is 34.9 Å². The van der Waals surface area contributed by atoms with Gasteiger partial charge in [-0.2, -0.15) is 0 Å². The lowest BCUT2D eigenvalue weighted by Gasteiger charge is -2.24. The summed E-state index contributed by atoms with van der Waals surface area (Å²) in [4.78, 5) is 11.4. The Morgan fingerprint density at radius 3 is 1.86 bits per heavy atom. The minimum Gasteiger partial charge on any atom is -0.275 e. The third-order valence-electron chi connectivity index (χ3n) is 9.24. The van der Waals surface area contributed by atoms with Gasteiger partial charge in [0.15, 0.2) is 6.33 Å². The number of benzene rings is 4. The Bertz CT molecular complexity index is 2440. The van der Waals surface area contributed by atoms with Crippen LogP contribution in [0.1, 0.15) is 0 Å². The fraction of sp³-hybridized carbons (Fsp3) is 0.0769. The highest BCUT2D eigenvalue weighted by atomic mass is 32.2. The van der Waals surface area contributed by atoms with Crippen molar-refractivity contribution in [2.24, 2.45) is 0 Å². The van der Waals surface area contributed by atoms with E-state index in [2.05, 4.69) is 152 Å². The molecule has 0 fully saturated rings. The average molecular weight is 720 g/mol. The Hall–Kier alpha value is -4.95. The molecule has 8 rings (SSSR count). The van der Waals surface area contributed by atoms with Gasteiger partial charge in [-0.3, -0.25) is 4.57 Å². The van der Waals surface area contributed by atoms with Crippen LogP contribution in [0.25, 0.3) is 27.8 Å². The summed E-state index contributed by atoms with van der Waals surface area (Å²) in [6, 6.07) is 43.7. The molecule has 50 heavy (non-hydrogen) atoms. The van der Waals surface area contributed by atoms with E-state index in [1.165, 1.54) is 36.9 Å². The topological polar surface area (TPSA) is 82.3 Å². The molecule has 1 atom stereocenters. The Morgan fingerprint density at radius 2 is 1.18 bits per heavy atom. The van der Waals surface area contributed by atoms with E-state index in [0.29, 0.717) is 5.95 Å². The van der Waals surface area contributed by atoms with E-state index in [0.717, 1.165) is 31.9 Å². The molecule has 0 bridgehead atoms.